The van der Waals surface area contributed by atoms with Gasteiger partial charge in [-0.25, -0.2) is 0 Å². The number of carbonyl (C=O) groups is 2. The number of nitrogens with zero attached hydrogens (tertiary/aromatic N) is 2. The molecule has 0 spiro atoms. The molecule has 0 aliphatic carbocycles. The number of nitrogens with one attached hydrogen (secondary N) is 1. The highest BCUT2D eigenvalue weighted by Crippen LogP contribution is 2.16. The smallest absolute Gasteiger partial charge is 0.387 e. The van der Waals surface area contributed by atoms with Crippen LogP contribution in [-0.2, 0) is 4.79 Å². The maximum atomic E-state index is 12.6. The van der Waals surface area contributed by atoms with Crippen molar-refractivity contribution in [1.29, 1.82) is 0 Å². The van der Waals surface area contributed by atoms with Crippen molar-refractivity contribution in [3.8, 4) is 18.1 Å². The first-order valence-electron chi connectivity index (χ1n) is 8.26. The summed E-state index contributed by atoms with van der Waals surface area (Å²) in [4.78, 5) is 28.0. The molecule has 140 valence electrons. The number of hydrogen-bond donors (Lipinski definition) is 1. The van der Waals surface area contributed by atoms with Crippen LogP contribution in [0.25, 0.3) is 0 Å². The number of alkyl halides is 2. The summed E-state index contributed by atoms with van der Waals surface area (Å²) < 4.78 is 28.6. The lowest BCUT2D eigenvalue weighted by molar-refractivity contribution is -0.121. The Morgan fingerprint density at radius 2 is 1.92 bits per heavy atom. The molecule has 1 aromatic carbocycles. The average Bonchev–Trinajstić information content (AvgIpc) is 2.85. The van der Waals surface area contributed by atoms with Crippen LogP contribution in [0.2, 0.25) is 0 Å². The zero-order valence-corrected chi connectivity index (χ0v) is 14.3. The minimum absolute atomic E-state index is 0.0107. The Morgan fingerprint density at radius 3 is 2.58 bits per heavy atom. The SMILES string of the molecule is C#CCNC(=O)CN1CCCN(C(=O)c2ccc(OC(F)F)cc2)CC1. The van der Waals surface area contributed by atoms with Crippen LogP contribution in [0.5, 0.6) is 5.75 Å². The van der Waals surface area contributed by atoms with E-state index < -0.39 is 6.61 Å². The summed E-state index contributed by atoms with van der Waals surface area (Å²) in [6.45, 7) is -0.138. The van der Waals surface area contributed by atoms with E-state index in [1.54, 1.807) is 4.90 Å². The second-order valence-corrected chi connectivity index (χ2v) is 5.81. The molecule has 1 saturated heterocycles. The number of benzene rings is 1. The fourth-order valence-corrected chi connectivity index (χ4v) is 2.70. The van der Waals surface area contributed by atoms with Crippen LogP contribution >= 0.6 is 0 Å². The molecule has 6 nitrogen and oxygen atoms in total. The second kappa shape index (κ2) is 9.73. The van der Waals surface area contributed by atoms with E-state index in [-0.39, 0.29) is 30.7 Å². The third-order valence-electron chi connectivity index (χ3n) is 3.96. The van der Waals surface area contributed by atoms with E-state index in [9.17, 15) is 18.4 Å². The topological polar surface area (TPSA) is 61.9 Å². The first-order chi connectivity index (χ1) is 12.5. The van der Waals surface area contributed by atoms with Gasteiger partial charge < -0.3 is 15.0 Å². The van der Waals surface area contributed by atoms with Gasteiger partial charge in [-0.3, -0.25) is 14.5 Å². The van der Waals surface area contributed by atoms with Gasteiger partial charge >= 0.3 is 6.61 Å². The van der Waals surface area contributed by atoms with Crippen LogP contribution in [0.15, 0.2) is 24.3 Å². The van der Waals surface area contributed by atoms with Gasteiger partial charge in [0.15, 0.2) is 0 Å². The van der Waals surface area contributed by atoms with E-state index in [1.807, 2.05) is 4.90 Å². The first-order valence-corrected chi connectivity index (χ1v) is 8.26. The Balaban J connectivity index is 1.88. The number of amides is 2. The summed E-state index contributed by atoms with van der Waals surface area (Å²) >= 11 is 0. The summed E-state index contributed by atoms with van der Waals surface area (Å²) in [5.74, 6) is 2.04. The molecule has 1 N–H and O–H groups in total. The molecule has 1 aromatic rings. The number of ether oxygens (including phenoxy) is 1. The van der Waals surface area contributed by atoms with Crippen molar-refractivity contribution in [3.05, 3.63) is 29.8 Å². The molecule has 1 aliphatic rings. The molecular formula is C18H21F2N3O3. The summed E-state index contributed by atoms with van der Waals surface area (Å²) in [6.07, 6.45) is 5.84. The quantitative estimate of drug-likeness (QED) is 0.770. The van der Waals surface area contributed by atoms with Crippen molar-refractivity contribution in [2.75, 3.05) is 39.3 Å². The van der Waals surface area contributed by atoms with Gasteiger partial charge in [0.05, 0.1) is 13.1 Å². The molecule has 26 heavy (non-hydrogen) atoms. The number of hydrogen-bond acceptors (Lipinski definition) is 4. The molecular weight excluding hydrogens is 344 g/mol. The van der Waals surface area contributed by atoms with Crippen LogP contribution < -0.4 is 10.1 Å². The van der Waals surface area contributed by atoms with E-state index in [1.165, 1.54) is 24.3 Å². The molecule has 2 amide bonds. The summed E-state index contributed by atoms with van der Waals surface area (Å²) in [6, 6.07) is 5.63. The van der Waals surface area contributed by atoms with E-state index in [4.69, 9.17) is 6.42 Å². The van der Waals surface area contributed by atoms with Crippen LogP contribution in [0.4, 0.5) is 8.78 Å². The molecule has 1 fully saturated rings. The number of carbonyl (C=O) groups excluding carboxylic acids is 2. The van der Waals surface area contributed by atoms with Crippen molar-refractivity contribution in [2.24, 2.45) is 0 Å². The van der Waals surface area contributed by atoms with E-state index in [2.05, 4.69) is 16.0 Å². The summed E-state index contributed by atoms with van der Waals surface area (Å²) in [5, 5.41) is 2.62. The fraction of sp³-hybridized carbons (Fsp3) is 0.444. The van der Waals surface area contributed by atoms with Gasteiger partial charge in [-0.2, -0.15) is 8.78 Å². The number of rotatable bonds is 6. The van der Waals surface area contributed by atoms with Crippen LogP contribution in [0, 0.1) is 12.3 Å². The number of halogens is 2. The fourth-order valence-electron chi connectivity index (χ4n) is 2.70. The Kier molecular flexibility index (Phi) is 7.36. The molecule has 1 heterocycles. The molecule has 0 atom stereocenters. The average molecular weight is 365 g/mol. The third kappa shape index (κ3) is 6.01. The zero-order valence-electron chi connectivity index (χ0n) is 14.3. The highest BCUT2D eigenvalue weighted by molar-refractivity contribution is 5.94. The minimum atomic E-state index is -2.90. The minimum Gasteiger partial charge on any atom is -0.435 e. The predicted molar refractivity (Wildman–Crippen MR) is 91.9 cm³/mol. The Hall–Kier alpha value is -2.66. The van der Waals surface area contributed by atoms with Gasteiger partial charge in [-0.05, 0) is 30.7 Å². The van der Waals surface area contributed by atoms with Gasteiger partial charge in [-0.15, -0.1) is 6.42 Å². The maximum Gasteiger partial charge on any atom is 0.387 e. The van der Waals surface area contributed by atoms with Crippen molar-refractivity contribution >= 4 is 11.8 Å². The standard InChI is InChI=1S/C18H21F2N3O3/c1-2-8-21-16(24)13-22-9-3-10-23(12-11-22)17(25)14-4-6-15(7-5-14)26-18(19)20/h1,4-7,18H,3,8-13H2,(H,21,24). The number of terminal acetylenes is 1. The highest BCUT2D eigenvalue weighted by Gasteiger charge is 2.21. The normalized spacial score (nSPS) is 15.2. The van der Waals surface area contributed by atoms with Crippen molar-refractivity contribution < 1.29 is 23.1 Å². The van der Waals surface area contributed by atoms with E-state index in [0.29, 0.717) is 31.7 Å². The molecule has 0 radical (unpaired) electrons. The Morgan fingerprint density at radius 1 is 1.19 bits per heavy atom. The molecule has 2 rings (SSSR count). The van der Waals surface area contributed by atoms with E-state index >= 15 is 0 Å². The van der Waals surface area contributed by atoms with E-state index in [0.717, 1.165) is 6.42 Å². The lowest BCUT2D eigenvalue weighted by Gasteiger charge is -2.22. The maximum absolute atomic E-state index is 12.6. The molecule has 0 aromatic heterocycles. The van der Waals surface area contributed by atoms with Gasteiger partial charge in [0.25, 0.3) is 5.91 Å². The van der Waals surface area contributed by atoms with Gasteiger partial charge in [0.2, 0.25) is 5.91 Å². The third-order valence-corrected chi connectivity index (χ3v) is 3.96. The van der Waals surface area contributed by atoms with Gasteiger partial charge in [-0.1, -0.05) is 5.92 Å². The van der Waals surface area contributed by atoms with Gasteiger partial charge in [0, 0.05) is 31.7 Å². The van der Waals surface area contributed by atoms with Crippen molar-refractivity contribution in [1.82, 2.24) is 15.1 Å². The Bertz CT molecular complexity index is 659. The molecule has 0 unspecified atom stereocenters. The lowest BCUT2D eigenvalue weighted by Crippen LogP contribution is -2.40. The Labute approximate surface area is 151 Å². The lowest BCUT2D eigenvalue weighted by atomic mass is 10.2. The first kappa shape index (κ1) is 19.7. The van der Waals surface area contributed by atoms with Crippen molar-refractivity contribution in [2.45, 2.75) is 13.0 Å². The second-order valence-electron chi connectivity index (χ2n) is 5.81. The van der Waals surface area contributed by atoms with Crippen LogP contribution in [-0.4, -0.2) is 67.5 Å². The van der Waals surface area contributed by atoms with Crippen molar-refractivity contribution in [3.63, 3.8) is 0 Å². The molecule has 0 saturated carbocycles. The van der Waals surface area contributed by atoms with Crippen LogP contribution in [0.3, 0.4) is 0 Å². The molecule has 1 aliphatic heterocycles. The summed E-state index contributed by atoms with van der Waals surface area (Å²) in [5.41, 5.74) is 0.409. The largest absolute Gasteiger partial charge is 0.435 e. The predicted octanol–water partition coefficient (Wildman–Crippen LogP) is 1.19. The highest BCUT2D eigenvalue weighted by atomic mass is 19.3. The molecule has 8 heteroatoms. The summed E-state index contributed by atoms with van der Waals surface area (Å²) in [7, 11) is 0. The zero-order chi connectivity index (χ0) is 18.9. The molecule has 0 bridgehead atoms. The monoisotopic (exact) mass is 365 g/mol. The van der Waals surface area contributed by atoms with Crippen LogP contribution in [0.1, 0.15) is 16.8 Å². The van der Waals surface area contributed by atoms with Gasteiger partial charge in [0.1, 0.15) is 5.75 Å².